The summed E-state index contributed by atoms with van der Waals surface area (Å²) in [6, 6.07) is 6.03. The molecule has 2 atom stereocenters. The molecule has 0 saturated heterocycles. The summed E-state index contributed by atoms with van der Waals surface area (Å²) in [4.78, 5) is 28.1. The molecule has 5 nitrogen and oxygen atoms in total. The summed E-state index contributed by atoms with van der Waals surface area (Å²) >= 11 is 6.01. The molecule has 1 heterocycles. The second-order valence-corrected chi connectivity index (χ2v) is 6.68. The quantitative estimate of drug-likeness (QED) is 0.847. The second-order valence-electron chi connectivity index (χ2n) is 6.25. The maximum atomic E-state index is 12.5. The molecule has 1 aromatic carbocycles. The van der Waals surface area contributed by atoms with Crippen molar-refractivity contribution in [1.29, 1.82) is 0 Å². The van der Waals surface area contributed by atoms with E-state index in [-0.39, 0.29) is 0 Å². The van der Waals surface area contributed by atoms with Gasteiger partial charge in [-0.15, -0.1) is 0 Å². The molecule has 0 aromatic heterocycles. The number of aliphatic imine (C=N–C) groups is 1. The first-order valence-electron chi connectivity index (χ1n) is 7.01. The zero-order chi connectivity index (χ0) is 16.5. The SMILES string of the molecule is CC1=NC(=O)NC(c2cccc(Cl)c2)C1C(=O)OC(C)(C)C. The molecule has 118 valence electrons. The van der Waals surface area contributed by atoms with Gasteiger partial charge in [-0.05, 0) is 45.4 Å². The number of esters is 1. The highest BCUT2D eigenvalue weighted by Crippen LogP contribution is 2.30. The number of urea groups is 1. The van der Waals surface area contributed by atoms with Crippen LogP contribution in [0.3, 0.4) is 0 Å². The molecule has 0 bridgehead atoms. The fourth-order valence-electron chi connectivity index (χ4n) is 2.37. The van der Waals surface area contributed by atoms with Crippen molar-refractivity contribution in [1.82, 2.24) is 5.32 Å². The molecule has 22 heavy (non-hydrogen) atoms. The number of benzene rings is 1. The van der Waals surface area contributed by atoms with Gasteiger partial charge >= 0.3 is 12.0 Å². The lowest BCUT2D eigenvalue weighted by Gasteiger charge is -2.32. The van der Waals surface area contributed by atoms with Crippen LogP contribution in [0, 0.1) is 5.92 Å². The zero-order valence-corrected chi connectivity index (χ0v) is 13.8. The van der Waals surface area contributed by atoms with Crippen molar-refractivity contribution < 1.29 is 14.3 Å². The Bertz CT molecular complexity index is 635. The minimum absolute atomic E-state index is 0.418. The summed E-state index contributed by atoms with van der Waals surface area (Å²) in [6.07, 6.45) is 0. The van der Waals surface area contributed by atoms with E-state index in [2.05, 4.69) is 10.3 Å². The molecule has 2 amide bonds. The fraction of sp³-hybridized carbons (Fsp3) is 0.438. The van der Waals surface area contributed by atoms with Crippen LogP contribution in [0.2, 0.25) is 5.02 Å². The van der Waals surface area contributed by atoms with E-state index >= 15 is 0 Å². The highest BCUT2D eigenvalue weighted by molar-refractivity contribution is 6.30. The van der Waals surface area contributed by atoms with E-state index in [1.165, 1.54) is 0 Å². The third-order valence-electron chi connectivity index (χ3n) is 3.21. The predicted octanol–water partition coefficient (Wildman–Crippen LogP) is 3.52. The van der Waals surface area contributed by atoms with Crippen molar-refractivity contribution in [2.24, 2.45) is 10.9 Å². The Balaban J connectivity index is 2.39. The standard InChI is InChI=1S/C16H19ClN2O3/c1-9-12(14(20)22-16(2,3)4)13(19-15(21)18-9)10-6-5-7-11(17)8-10/h5-8,12-13H,1-4H3,(H,19,21). The molecule has 6 heteroatoms. The number of carbonyl (C=O) groups is 2. The van der Waals surface area contributed by atoms with E-state index in [1.807, 2.05) is 6.07 Å². The second kappa shape index (κ2) is 6.08. The van der Waals surface area contributed by atoms with Crippen LogP contribution in [0.25, 0.3) is 0 Å². The summed E-state index contributed by atoms with van der Waals surface area (Å²) in [5.41, 5.74) is 0.562. The molecular weight excluding hydrogens is 304 g/mol. The molecular formula is C16H19ClN2O3. The maximum Gasteiger partial charge on any atom is 0.341 e. The Morgan fingerprint density at radius 2 is 2.05 bits per heavy atom. The molecule has 1 aromatic rings. The van der Waals surface area contributed by atoms with Crippen LogP contribution in [0.4, 0.5) is 4.79 Å². The molecule has 1 aliphatic rings. The highest BCUT2D eigenvalue weighted by Gasteiger charge is 2.39. The lowest BCUT2D eigenvalue weighted by molar-refractivity contribution is -0.158. The van der Waals surface area contributed by atoms with Gasteiger partial charge in [0.15, 0.2) is 0 Å². The van der Waals surface area contributed by atoms with Gasteiger partial charge in [-0.25, -0.2) is 9.79 Å². The van der Waals surface area contributed by atoms with E-state index < -0.39 is 29.6 Å². The van der Waals surface area contributed by atoms with Gasteiger partial charge in [0.2, 0.25) is 0 Å². The average Bonchev–Trinajstić information content (AvgIpc) is 2.35. The van der Waals surface area contributed by atoms with Gasteiger partial charge in [-0.3, -0.25) is 4.79 Å². The molecule has 0 spiro atoms. The molecule has 0 fully saturated rings. The molecule has 0 aliphatic carbocycles. The summed E-state index contributed by atoms with van der Waals surface area (Å²) in [5.74, 6) is -1.09. The molecule has 0 saturated carbocycles. The number of nitrogens with zero attached hydrogens (tertiary/aromatic N) is 1. The zero-order valence-electron chi connectivity index (χ0n) is 13.0. The summed E-state index contributed by atoms with van der Waals surface area (Å²) in [5, 5.41) is 3.26. The van der Waals surface area contributed by atoms with Gasteiger partial charge in [-0.1, -0.05) is 23.7 Å². The molecule has 1 N–H and O–H groups in total. The van der Waals surface area contributed by atoms with Crippen LogP contribution < -0.4 is 5.32 Å². The molecule has 2 rings (SSSR count). The van der Waals surface area contributed by atoms with Crippen LogP contribution in [0.15, 0.2) is 29.3 Å². The van der Waals surface area contributed by atoms with Crippen LogP contribution in [-0.2, 0) is 9.53 Å². The van der Waals surface area contributed by atoms with Crippen molar-refractivity contribution in [3.05, 3.63) is 34.9 Å². The Morgan fingerprint density at radius 3 is 2.64 bits per heavy atom. The number of hydrogen-bond acceptors (Lipinski definition) is 3. The Hall–Kier alpha value is -1.88. The van der Waals surface area contributed by atoms with Crippen molar-refractivity contribution in [3.8, 4) is 0 Å². The van der Waals surface area contributed by atoms with Crippen molar-refractivity contribution >= 4 is 29.3 Å². The lowest BCUT2D eigenvalue weighted by atomic mass is 9.88. The van der Waals surface area contributed by atoms with Crippen molar-refractivity contribution in [2.75, 3.05) is 0 Å². The number of ether oxygens (including phenoxy) is 1. The van der Waals surface area contributed by atoms with Gasteiger partial charge < -0.3 is 10.1 Å². The van der Waals surface area contributed by atoms with Gasteiger partial charge in [0.05, 0.1) is 6.04 Å². The van der Waals surface area contributed by atoms with Gasteiger partial charge in [0.25, 0.3) is 0 Å². The van der Waals surface area contributed by atoms with Gasteiger partial charge in [-0.2, -0.15) is 0 Å². The van der Waals surface area contributed by atoms with Gasteiger partial charge in [0.1, 0.15) is 11.5 Å². The fourth-order valence-corrected chi connectivity index (χ4v) is 2.57. The minimum Gasteiger partial charge on any atom is -0.459 e. The van der Waals surface area contributed by atoms with E-state index in [0.717, 1.165) is 5.56 Å². The summed E-state index contributed by atoms with van der Waals surface area (Å²) in [6.45, 7) is 7.05. The van der Waals surface area contributed by atoms with Gasteiger partial charge in [0, 0.05) is 10.7 Å². The first kappa shape index (κ1) is 16.5. The number of halogens is 1. The first-order chi connectivity index (χ1) is 10.2. The minimum atomic E-state index is -0.671. The maximum absolute atomic E-state index is 12.5. The van der Waals surface area contributed by atoms with Crippen LogP contribution in [0.5, 0.6) is 0 Å². The summed E-state index contributed by atoms with van der Waals surface area (Å²) < 4.78 is 5.46. The number of hydrogen-bond donors (Lipinski definition) is 1. The topological polar surface area (TPSA) is 67.8 Å². The third-order valence-corrected chi connectivity index (χ3v) is 3.44. The smallest absolute Gasteiger partial charge is 0.341 e. The third kappa shape index (κ3) is 3.85. The number of rotatable bonds is 2. The first-order valence-corrected chi connectivity index (χ1v) is 7.39. The molecule has 0 radical (unpaired) electrons. The monoisotopic (exact) mass is 322 g/mol. The largest absolute Gasteiger partial charge is 0.459 e. The highest BCUT2D eigenvalue weighted by atomic mass is 35.5. The Morgan fingerprint density at radius 1 is 1.36 bits per heavy atom. The lowest BCUT2D eigenvalue weighted by Crippen LogP contribution is -2.45. The summed E-state index contributed by atoms with van der Waals surface area (Å²) in [7, 11) is 0. The molecule has 2 unspecified atom stereocenters. The normalized spacial score (nSPS) is 21.9. The Labute approximate surface area is 134 Å². The van der Waals surface area contributed by atoms with E-state index in [4.69, 9.17) is 16.3 Å². The van der Waals surface area contributed by atoms with E-state index in [1.54, 1.807) is 45.9 Å². The predicted molar refractivity (Wildman–Crippen MR) is 85.2 cm³/mol. The van der Waals surface area contributed by atoms with E-state index in [0.29, 0.717) is 10.7 Å². The van der Waals surface area contributed by atoms with E-state index in [9.17, 15) is 9.59 Å². The Kier molecular flexibility index (Phi) is 4.56. The molecule has 1 aliphatic heterocycles. The van der Waals surface area contributed by atoms with Crippen molar-refractivity contribution in [3.63, 3.8) is 0 Å². The average molecular weight is 323 g/mol. The van der Waals surface area contributed by atoms with Crippen LogP contribution in [-0.4, -0.2) is 23.3 Å². The van der Waals surface area contributed by atoms with Crippen molar-refractivity contribution in [2.45, 2.75) is 39.3 Å². The number of carbonyl (C=O) groups excluding carboxylic acids is 2. The number of amides is 2. The van der Waals surface area contributed by atoms with Crippen LogP contribution >= 0.6 is 11.6 Å². The van der Waals surface area contributed by atoms with Crippen LogP contribution in [0.1, 0.15) is 39.3 Å². The number of nitrogens with one attached hydrogen (secondary N) is 1.